The van der Waals surface area contributed by atoms with Gasteiger partial charge in [0.1, 0.15) is 18.0 Å². The summed E-state index contributed by atoms with van der Waals surface area (Å²) in [5.74, 6) is -0.861. The van der Waals surface area contributed by atoms with Gasteiger partial charge < -0.3 is 9.47 Å². The number of hydrogen-bond donors (Lipinski definition) is 0. The monoisotopic (exact) mass is 586 g/mol. The highest BCUT2D eigenvalue weighted by Crippen LogP contribution is 2.33. The summed E-state index contributed by atoms with van der Waals surface area (Å²) in [7, 11) is 0. The fraction of sp³-hybridized carbons (Fsp3) is 0.0938. The number of amides is 2. The van der Waals surface area contributed by atoms with Crippen LogP contribution in [-0.4, -0.2) is 23.5 Å². The zero-order chi connectivity index (χ0) is 28.9. The first-order valence-electron chi connectivity index (χ1n) is 12.8. The molecule has 0 aliphatic carbocycles. The standard InChI is InChI=1S/C32H24ClFN2O4S/c1-2-39-29-19-21(16-17-28(29)40-20-25-26(33)14-9-15-27(25)34)18-24-30(37)35(22-10-5-3-6-11-22)32(41)36(31(24)38)23-12-7-4-8-13-23/h3-19H,2,20H2,1H3. The molecule has 2 amide bonds. The number of carbonyl (C=O) groups is 2. The summed E-state index contributed by atoms with van der Waals surface area (Å²) >= 11 is 11.8. The van der Waals surface area contributed by atoms with E-state index in [0.717, 1.165) is 0 Å². The van der Waals surface area contributed by atoms with Crippen LogP contribution in [0.3, 0.4) is 0 Å². The van der Waals surface area contributed by atoms with Crippen LogP contribution in [0, 0.1) is 5.82 Å². The molecule has 4 aromatic carbocycles. The van der Waals surface area contributed by atoms with Gasteiger partial charge in [-0.3, -0.25) is 19.4 Å². The molecule has 0 bridgehead atoms. The Bertz CT molecular complexity index is 1560. The first-order valence-corrected chi connectivity index (χ1v) is 13.5. The molecule has 5 rings (SSSR count). The van der Waals surface area contributed by atoms with Crippen molar-refractivity contribution < 1.29 is 23.5 Å². The number of hydrogen-bond acceptors (Lipinski definition) is 5. The van der Waals surface area contributed by atoms with Gasteiger partial charge in [-0.2, -0.15) is 0 Å². The molecule has 0 saturated carbocycles. The van der Waals surface area contributed by atoms with Crippen molar-refractivity contribution in [2.45, 2.75) is 13.5 Å². The molecule has 41 heavy (non-hydrogen) atoms. The summed E-state index contributed by atoms with van der Waals surface area (Å²) in [6.07, 6.45) is 1.50. The number of anilines is 2. The third-order valence-electron chi connectivity index (χ3n) is 6.29. The average molecular weight is 587 g/mol. The summed E-state index contributed by atoms with van der Waals surface area (Å²) < 4.78 is 25.9. The molecule has 1 heterocycles. The van der Waals surface area contributed by atoms with Gasteiger partial charge in [0.15, 0.2) is 16.6 Å². The highest BCUT2D eigenvalue weighted by Gasteiger charge is 2.41. The molecule has 1 saturated heterocycles. The highest BCUT2D eigenvalue weighted by molar-refractivity contribution is 7.81. The Labute approximate surface area is 247 Å². The van der Waals surface area contributed by atoms with Crippen LogP contribution in [0.5, 0.6) is 11.5 Å². The number of para-hydroxylation sites is 2. The second-order valence-corrected chi connectivity index (χ2v) is 9.69. The third-order valence-corrected chi connectivity index (χ3v) is 7.01. The van der Waals surface area contributed by atoms with Crippen LogP contribution in [-0.2, 0) is 16.2 Å². The van der Waals surface area contributed by atoms with Crippen molar-refractivity contribution >= 4 is 58.2 Å². The Morgan fingerprint density at radius 2 is 1.41 bits per heavy atom. The van der Waals surface area contributed by atoms with E-state index in [9.17, 15) is 14.0 Å². The smallest absolute Gasteiger partial charge is 0.270 e. The van der Waals surface area contributed by atoms with E-state index < -0.39 is 17.6 Å². The molecule has 0 atom stereocenters. The molecule has 1 aliphatic rings. The molecule has 0 aromatic heterocycles. The number of rotatable bonds is 8. The predicted molar refractivity (Wildman–Crippen MR) is 162 cm³/mol. The van der Waals surface area contributed by atoms with Gasteiger partial charge in [-0.15, -0.1) is 0 Å². The minimum atomic E-state index is -0.550. The lowest BCUT2D eigenvalue weighted by molar-refractivity contribution is -0.120. The van der Waals surface area contributed by atoms with Crippen molar-refractivity contribution in [3.63, 3.8) is 0 Å². The second-order valence-electron chi connectivity index (χ2n) is 8.92. The number of thiocarbonyl (C=S) groups is 1. The number of benzene rings is 4. The van der Waals surface area contributed by atoms with E-state index in [-0.39, 0.29) is 27.9 Å². The van der Waals surface area contributed by atoms with Gasteiger partial charge in [0.2, 0.25) is 0 Å². The molecule has 1 aliphatic heterocycles. The van der Waals surface area contributed by atoms with Crippen molar-refractivity contribution in [3.8, 4) is 11.5 Å². The van der Waals surface area contributed by atoms with Crippen LogP contribution in [0.1, 0.15) is 18.1 Å². The van der Waals surface area contributed by atoms with Crippen LogP contribution < -0.4 is 19.3 Å². The summed E-state index contributed by atoms with van der Waals surface area (Å²) in [5, 5.41) is 0.308. The second kappa shape index (κ2) is 12.3. The lowest BCUT2D eigenvalue weighted by Gasteiger charge is -2.36. The summed E-state index contributed by atoms with van der Waals surface area (Å²) in [6, 6.07) is 27.2. The Balaban J connectivity index is 1.52. The summed E-state index contributed by atoms with van der Waals surface area (Å²) in [5.41, 5.74) is 1.73. The topological polar surface area (TPSA) is 59.1 Å². The molecule has 0 unspecified atom stereocenters. The van der Waals surface area contributed by atoms with E-state index in [1.807, 2.05) is 19.1 Å². The SMILES string of the molecule is CCOc1cc(C=C2C(=O)N(c3ccccc3)C(=S)N(c3ccccc3)C2=O)ccc1OCc1c(F)cccc1Cl. The van der Waals surface area contributed by atoms with Crippen molar-refractivity contribution in [2.75, 3.05) is 16.4 Å². The lowest BCUT2D eigenvalue weighted by atomic mass is 10.0. The first kappa shape index (κ1) is 28.0. The molecule has 0 spiro atoms. The molecule has 6 nitrogen and oxygen atoms in total. The molecule has 0 N–H and O–H groups in total. The fourth-order valence-corrected chi connectivity index (χ4v) is 4.92. The largest absolute Gasteiger partial charge is 0.490 e. The Hall–Kier alpha value is -4.53. The van der Waals surface area contributed by atoms with Crippen LogP contribution >= 0.6 is 23.8 Å². The van der Waals surface area contributed by atoms with E-state index in [0.29, 0.717) is 35.0 Å². The quantitative estimate of drug-likeness (QED) is 0.124. The fourth-order valence-electron chi connectivity index (χ4n) is 4.33. The molecule has 9 heteroatoms. The number of halogens is 2. The summed E-state index contributed by atoms with van der Waals surface area (Å²) in [6.45, 7) is 2.03. The van der Waals surface area contributed by atoms with Gasteiger partial charge in [-0.05, 0) is 79.3 Å². The molecular weight excluding hydrogens is 563 g/mol. The van der Waals surface area contributed by atoms with Gasteiger partial charge in [0, 0.05) is 5.56 Å². The van der Waals surface area contributed by atoms with Crippen LogP contribution in [0.15, 0.2) is 103 Å². The maximum absolute atomic E-state index is 14.3. The van der Waals surface area contributed by atoms with Crippen molar-refractivity contribution in [3.05, 3.63) is 125 Å². The molecule has 1 fully saturated rings. The molecular formula is C32H24ClFN2O4S. The number of ether oxygens (including phenoxy) is 2. The highest BCUT2D eigenvalue weighted by atomic mass is 35.5. The minimum Gasteiger partial charge on any atom is -0.490 e. The van der Waals surface area contributed by atoms with E-state index in [1.54, 1.807) is 72.8 Å². The van der Waals surface area contributed by atoms with Crippen molar-refractivity contribution in [1.29, 1.82) is 0 Å². The summed E-state index contributed by atoms with van der Waals surface area (Å²) in [4.78, 5) is 30.2. The van der Waals surface area contributed by atoms with E-state index in [1.165, 1.54) is 28.0 Å². The van der Waals surface area contributed by atoms with Gasteiger partial charge in [0.25, 0.3) is 11.8 Å². The zero-order valence-corrected chi connectivity index (χ0v) is 23.5. The number of nitrogens with zero attached hydrogens (tertiary/aromatic N) is 2. The maximum Gasteiger partial charge on any atom is 0.270 e. The normalized spacial score (nSPS) is 13.4. The van der Waals surface area contributed by atoms with Crippen molar-refractivity contribution in [2.24, 2.45) is 0 Å². The third kappa shape index (κ3) is 5.84. The Morgan fingerprint density at radius 3 is 1.98 bits per heavy atom. The molecule has 206 valence electrons. The van der Waals surface area contributed by atoms with E-state index in [2.05, 4.69) is 0 Å². The first-order chi connectivity index (χ1) is 19.9. The van der Waals surface area contributed by atoms with Gasteiger partial charge in [0.05, 0.1) is 23.0 Å². The van der Waals surface area contributed by atoms with E-state index in [4.69, 9.17) is 33.3 Å². The Kier molecular flexibility index (Phi) is 8.42. The van der Waals surface area contributed by atoms with Gasteiger partial charge >= 0.3 is 0 Å². The van der Waals surface area contributed by atoms with Crippen molar-refractivity contribution in [1.82, 2.24) is 0 Å². The van der Waals surface area contributed by atoms with Gasteiger partial charge in [-0.1, -0.05) is 60.1 Å². The van der Waals surface area contributed by atoms with Crippen LogP contribution in [0.2, 0.25) is 5.02 Å². The molecule has 4 aromatic rings. The molecule has 0 radical (unpaired) electrons. The lowest BCUT2D eigenvalue weighted by Crippen LogP contribution is -2.56. The van der Waals surface area contributed by atoms with Gasteiger partial charge in [-0.25, -0.2) is 4.39 Å². The zero-order valence-electron chi connectivity index (χ0n) is 21.9. The van der Waals surface area contributed by atoms with E-state index >= 15 is 0 Å². The average Bonchev–Trinajstić information content (AvgIpc) is 2.97. The maximum atomic E-state index is 14.3. The van der Waals surface area contributed by atoms with Crippen LogP contribution in [0.25, 0.3) is 6.08 Å². The minimum absolute atomic E-state index is 0.0557. The number of carbonyl (C=O) groups excluding carboxylic acids is 2. The Morgan fingerprint density at radius 1 is 0.805 bits per heavy atom. The predicted octanol–water partition coefficient (Wildman–Crippen LogP) is 7.21. The van der Waals surface area contributed by atoms with Crippen LogP contribution in [0.4, 0.5) is 15.8 Å².